The van der Waals surface area contributed by atoms with Crippen LogP contribution in [0.25, 0.3) is 55.6 Å². The molecule has 0 saturated carbocycles. The summed E-state index contributed by atoms with van der Waals surface area (Å²) in [6.45, 7) is 6.95. The van der Waals surface area contributed by atoms with Gasteiger partial charge in [0.05, 0.1) is 0 Å². The highest BCUT2D eigenvalue weighted by atomic mass is 15.2. The molecular formula is C93H93N3. The Morgan fingerprint density at radius 3 is 0.938 bits per heavy atom. The van der Waals surface area contributed by atoms with E-state index in [1.165, 1.54) is 181 Å². The van der Waals surface area contributed by atoms with E-state index in [1.807, 2.05) is 0 Å². The fraction of sp³-hybridized carbons (Fsp3) is 0.226. The minimum Gasteiger partial charge on any atom is -0.311 e. The van der Waals surface area contributed by atoms with Crippen molar-refractivity contribution in [2.45, 2.75) is 135 Å². The van der Waals surface area contributed by atoms with Gasteiger partial charge in [-0.1, -0.05) is 286 Å². The van der Waals surface area contributed by atoms with Crippen molar-refractivity contribution in [2.24, 2.45) is 0 Å². The predicted molar refractivity (Wildman–Crippen MR) is 413 cm³/mol. The molecule has 480 valence electrons. The molecule has 3 nitrogen and oxygen atoms in total. The Morgan fingerprint density at radius 2 is 0.531 bits per heavy atom. The molecule has 0 bridgehead atoms. The molecule has 0 amide bonds. The molecule has 0 unspecified atom stereocenters. The third-order valence-electron chi connectivity index (χ3n) is 20.0. The van der Waals surface area contributed by atoms with E-state index in [2.05, 4.69) is 339 Å². The minimum atomic E-state index is 0.00801. The summed E-state index contributed by atoms with van der Waals surface area (Å²) in [6, 6.07) is 113. The van der Waals surface area contributed by atoms with Crippen molar-refractivity contribution >= 4 is 51.2 Å². The zero-order valence-corrected chi connectivity index (χ0v) is 56.7. The number of para-hydroxylation sites is 3. The van der Waals surface area contributed by atoms with Gasteiger partial charge < -0.3 is 14.7 Å². The second kappa shape index (κ2) is 31.5. The Kier molecular flexibility index (Phi) is 21.3. The average Bonchev–Trinajstić information content (AvgIpc) is 1.56. The molecule has 0 heterocycles. The van der Waals surface area contributed by atoms with Crippen molar-refractivity contribution in [3.05, 3.63) is 320 Å². The molecular weight excluding hydrogens is 1160 g/mol. The Bertz CT molecular complexity index is 4330. The number of rotatable bonds is 30. The second-order valence-corrected chi connectivity index (χ2v) is 26.5. The number of fused-ring (bicyclic) bond motifs is 3. The molecule has 0 saturated heterocycles. The first-order valence-electron chi connectivity index (χ1n) is 36.0. The number of aryl methyl sites for hydroxylation is 1. The first-order chi connectivity index (χ1) is 47.5. The maximum absolute atomic E-state index is 2.57. The van der Waals surface area contributed by atoms with E-state index in [0.717, 1.165) is 51.9 Å². The Morgan fingerprint density at radius 1 is 0.219 bits per heavy atom. The van der Waals surface area contributed by atoms with Gasteiger partial charge in [-0.15, -0.1) is 0 Å². The van der Waals surface area contributed by atoms with Crippen LogP contribution >= 0.6 is 0 Å². The molecule has 13 rings (SSSR count). The standard InChI is InChI=1S/C93H93N3/c1-4-7-10-13-14-18-31-71-44-54-83(55-45-71)95(85-58-48-73(49-59-85)77-33-29-32-76(68-77)72-46-56-84(57-47-72)94(80-36-19-15-20-37-80)81-38-21-16-22-39-81)86-60-50-74(51-61-86)78-34-30-35-79(69-78)75-52-62-87(63-53-75)96(82-40-23-17-24-41-82)88-64-65-90-89-42-25-26-43-91(89)93(92(90)70-88,66-27-11-8-5-2)67-28-12-9-6-3/h15-17,19-26,29-30,32-65,68-70H,4-14,18,27-28,31,66-67H2,1-3H3. The highest BCUT2D eigenvalue weighted by molar-refractivity contribution is 5.88. The van der Waals surface area contributed by atoms with E-state index in [4.69, 9.17) is 0 Å². The molecule has 0 aliphatic heterocycles. The second-order valence-electron chi connectivity index (χ2n) is 26.5. The normalized spacial score (nSPS) is 12.1. The van der Waals surface area contributed by atoms with Crippen LogP contribution in [0, 0.1) is 0 Å². The van der Waals surface area contributed by atoms with Gasteiger partial charge in [-0.3, -0.25) is 0 Å². The monoisotopic (exact) mass is 1250 g/mol. The van der Waals surface area contributed by atoms with E-state index >= 15 is 0 Å². The summed E-state index contributed by atoms with van der Waals surface area (Å²) >= 11 is 0. The molecule has 1 aliphatic carbocycles. The smallest absolute Gasteiger partial charge is 0.0465 e. The van der Waals surface area contributed by atoms with Gasteiger partial charge in [0, 0.05) is 56.6 Å². The van der Waals surface area contributed by atoms with Gasteiger partial charge in [0.25, 0.3) is 0 Å². The van der Waals surface area contributed by atoms with Crippen LogP contribution in [0.4, 0.5) is 51.2 Å². The van der Waals surface area contributed by atoms with Crippen molar-refractivity contribution in [2.75, 3.05) is 14.7 Å². The molecule has 1 aliphatic rings. The van der Waals surface area contributed by atoms with Crippen LogP contribution < -0.4 is 14.7 Å². The van der Waals surface area contributed by atoms with Gasteiger partial charge >= 0.3 is 0 Å². The maximum atomic E-state index is 2.57. The van der Waals surface area contributed by atoms with E-state index in [0.29, 0.717) is 0 Å². The van der Waals surface area contributed by atoms with Crippen LogP contribution in [-0.2, 0) is 11.8 Å². The number of benzene rings is 12. The van der Waals surface area contributed by atoms with Crippen molar-refractivity contribution in [1.82, 2.24) is 0 Å². The van der Waals surface area contributed by atoms with Gasteiger partial charge in [-0.25, -0.2) is 0 Å². The van der Waals surface area contributed by atoms with Gasteiger partial charge in [-0.05, 0) is 219 Å². The first-order valence-corrected chi connectivity index (χ1v) is 36.0. The van der Waals surface area contributed by atoms with Crippen LogP contribution in [0.1, 0.15) is 140 Å². The fourth-order valence-electron chi connectivity index (χ4n) is 14.9. The van der Waals surface area contributed by atoms with Crippen LogP contribution in [0.2, 0.25) is 0 Å². The van der Waals surface area contributed by atoms with Crippen LogP contribution in [-0.4, -0.2) is 0 Å². The lowest BCUT2D eigenvalue weighted by atomic mass is 9.70. The van der Waals surface area contributed by atoms with Crippen LogP contribution in [0.15, 0.2) is 303 Å². The van der Waals surface area contributed by atoms with E-state index in [9.17, 15) is 0 Å². The number of nitrogens with zero attached hydrogens (tertiary/aromatic N) is 3. The first kappa shape index (κ1) is 64.7. The van der Waals surface area contributed by atoms with Gasteiger partial charge in [0.2, 0.25) is 0 Å². The lowest BCUT2D eigenvalue weighted by Gasteiger charge is -2.34. The molecule has 3 heteroatoms. The highest BCUT2D eigenvalue weighted by Gasteiger charge is 2.42. The molecule has 12 aromatic carbocycles. The molecule has 0 spiro atoms. The summed E-state index contributed by atoms with van der Waals surface area (Å²) in [4.78, 5) is 7.19. The van der Waals surface area contributed by atoms with Crippen molar-refractivity contribution in [3.63, 3.8) is 0 Å². The van der Waals surface area contributed by atoms with Crippen molar-refractivity contribution < 1.29 is 0 Å². The minimum absolute atomic E-state index is 0.00801. The summed E-state index contributed by atoms with van der Waals surface area (Å²) in [7, 11) is 0. The fourth-order valence-corrected chi connectivity index (χ4v) is 14.9. The summed E-state index contributed by atoms with van der Waals surface area (Å²) < 4.78 is 0. The van der Waals surface area contributed by atoms with E-state index < -0.39 is 0 Å². The highest BCUT2D eigenvalue weighted by Crippen LogP contribution is 2.56. The number of anilines is 9. The third kappa shape index (κ3) is 14.8. The summed E-state index contributed by atoms with van der Waals surface area (Å²) in [5, 5.41) is 0. The van der Waals surface area contributed by atoms with Gasteiger partial charge in [0.15, 0.2) is 0 Å². The largest absolute Gasteiger partial charge is 0.311 e. The molecule has 0 aromatic heterocycles. The zero-order chi connectivity index (χ0) is 65.3. The predicted octanol–water partition coefficient (Wildman–Crippen LogP) is 27.9. The molecule has 0 fully saturated rings. The quantitative estimate of drug-likeness (QED) is 0.0416. The number of unbranched alkanes of at least 4 members (excludes halogenated alkanes) is 11. The molecule has 0 N–H and O–H groups in total. The third-order valence-corrected chi connectivity index (χ3v) is 20.0. The summed E-state index contributed by atoms with van der Waals surface area (Å²) in [5.74, 6) is 0. The molecule has 96 heavy (non-hydrogen) atoms. The molecule has 0 radical (unpaired) electrons. The number of hydrogen-bond donors (Lipinski definition) is 0. The zero-order valence-electron chi connectivity index (χ0n) is 56.7. The summed E-state index contributed by atoms with van der Waals surface area (Å²) in [6.07, 6.45) is 21.5. The Labute approximate surface area is 573 Å². The SMILES string of the molecule is CCCCCCCCc1ccc(N(c2ccc(-c3cccc(-c4ccc(N(c5ccccc5)c5ccccc5)cc4)c3)cc2)c2ccc(-c3cccc(-c4ccc(N(c5ccccc5)c5ccc6c(c5)C(CCCCCC)(CCCCCC)c5ccccc5-6)cc4)c3)cc2)cc1. The van der Waals surface area contributed by atoms with Crippen molar-refractivity contribution in [3.8, 4) is 55.6 Å². The molecule has 12 aromatic rings. The Hall–Kier alpha value is -9.96. The van der Waals surface area contributed by atoms with Crippen LogP contribution in [0.5, 0.6) is 0 Å². The number of hydrogen-bond acceptors (Lipinski definition) is 3. The van der Waals surface area contributed by atoms with Crippen molar-refractivity contribution in [1.29, 1.82) is 0 Å². The topological polar surface area (TPSA) is 9.72 Å². The average molecular weight is 1250 g/mol. The Balaban J connectivity index is 0.762. The maximum Gasteiger partial charge on any atom is 0.0465 e. The summed E-state index contributed by atoms with van der Waals surface area (Å²) in [5.41, 5.74) is 27.1. The van der Waals surface area contributed by atoms with Crippen LogP contribution in [0.3, 0.4) is 0 Å². The molecule has 0 atom stereocenters. The van der Waals surface area contributed by atoms with Gasteiger partial charge in [0.1, 0.15) is 0 Å². The van der Waals surface area contributed by atoms with Gasteiger partial charge in [-0.2, -0.15) is 0 Å². The lowest BCUT2D eigenvalue weighted by Crippen LogP contribution is -2.26. The van der Waals surface area contributed by atoms with E-state index in [-0.39, 0.29) is 5.41 Å². The lowest BCUT2D eigenvalue weighted by molar-refractivity contribution is 0.401. The van der Waals surface area contributed by atoms with E-state index in [1.54, 1.807) is 0 Å².